The maximum absolute atomic E-state index is 13.3. The van der Waals surface area contributed by atoms with Crippen LogP contribution < -0.4 is 5.32 Å². The zero-order valence-electron chi connectivity index (χ0n) is 21.5. The average Bonchev–Trinajstić information content (AvgIpc) is 2.97. The summed E-state index contributed by atoms with van der Waals surface area (Å²) in [4.78, 5) is 28.1. The Morgan fingerprint density at radius 1 is 0.842 bits per heavy atom. The third-order valence-corrected chi connectivity index (χ3v) is 7.43. The van der Waals surface area contributed by atoms with Crippen molar-refractivity contribution in [1.82, 2.24) is 10.2 Å². The zero-order chi connectivity index (χ0) is 26.5. The van der Waals surface area contributed by atoms with Crippen LogP contribution >= 0.6 is 0 Å². The number of fused-ring (bicyclic) bond motifs is 1. The van der Waals surface area contributed by atoms with E-state index in [1.54, 1.807) is 6.07 Å². The van der Waals surface area contributed by atoms with Crippen molar-refractivity contribution in [2.45, 2.75) is 38.0 Å². The Morgan fingerprint density at radius 3 is 2.03 bits per heavy atom. The first kappa shape index (κ1) is 25.4. The fraction of sp³-hybridized carbons (Fsp3) is 0.212. The number of rotatable bonds is 7. The normalized spacial score (nSPS) is 13.9. The molecule has 5 heteroatoms. The second-order valence-corrected chi connectivity index (χ2v) is 9.90. The Bertz CT molecular complexity index is 1360. The highest BCUT2D eigenvalue weighted by molar-refractivity contribution is 5.95. The lowest BCUT2D eigenvalue weighted by Crippen LogP contribution is -2.49. The van der Waals surface area contributed by atoms with Gasteiger partial charge in [-0.15, -0.1) is 0 Å². The van der Waals surface area contributed by atoms with Crippen LogP contribution in [-0.2, 0) is 29.8 Å². The van der Waals surface area contributed by atoms with Crippen molar-refractivity contribution in [2.75, 3.05) is 6.54 Å². The lowest BCUT2D eigenvalue weighted by molar-refractivity contribution is -0.131. The van der Waals surface area contributed by atoms with Crippen LogP contribution in [0.4, 0.5) is 0 Å². The van der Waals surface area contributed by atoms with E-state index in [-0.39, 0.29) is 11.8 Å². The van der Waals surface area contributed by atoms with Gasteiger partial charge in [-0.05, 0) is 53.3 Å². The number of carbonyl (C=O) groups is 2. The van der Waals surface area contributed by atoms with Crippen molar-refractivity contribution in [3.8, 4) is 0 Å². The molecule has 0 spiro atoms. The van der Waals surface area contributed by atoms with Crippen LogP contribution in [0.25, 0.3) is 0 Å². The molecule has 192 valence electrons. The number of nitrogens with zero attached hydrogens (tertiary/aromatic N) is 1. The van der Waals surface area contributed by atoms with E-state index in [1.807, 2.05) is 115 Å². The van der Waals surface area contributed by atoms with Crippen LogP contribution in [0.3, 0.4) is 0 Å². The molecule has 0 aromatic heterocycles. The average molecular weight is 505 g/mol. The number of amides is 2. The molecule has 38 heavy (non-hydrogen) atoms. The van der Waals surface area contributed by atoms with Crippen LogP contribution in [0.5, 0.6) is 0 Å². The molecule has 4 aromatic rings. The van der Waals surface area contributed by atoms with Crippen LogP contribution in [0, 0.1) is 0 Å². The van der Waals surface area contributed by atoms with Crippen molar-refractivity contribution in [1.29, 1.82) is 0 Å². The van der Waals surface area contributed by atoms with Gasteiger partial charge < -0.3 is 15.3 Å². The van der Waals surface area contributed by atoms with E-state index in [9.17, 15) is 14.7 Å². The molecule has 1 aliphatic heterocycles. The first-order chi connectivity index (χ1) is 18.4. The number of aliphatic hydroxyl groups is 1. The molecule has 0 aliphatic carbocycles. The van der Waals surface area contributed by atoms with Gasteiger partial charge in [-0.2, -0.15) is 0 Å². The molecule has 0 bridgehead atoms. The van der Waals surface area contributed by atoms with Gasteiger partial charge in [-0.25, -0.2) is 0 Å². The molecule has 1 atom stereocenters. The van der Waals surface area contributed by atoms with Crippen molar-refractivity contribution < 1.29 is 14.7 Å². The minimum absolute atomic E-state index is 0.110. The van der Waals surface area contributed by atoms with E-state index in [1.165, 1.54) is 0 Å². The van der Waals surface area contributed by atoms with Crippen LogP contribution in [0.15, 0.2) is 109 Å². The van der Waals surface area contributed by atoms with E-state index in [0.29, 0.717) is 42.6 Å². The van der Waals surface area contributed by atoms with Gasteiger partial charge in [0.05, 0.1) is 12.5 Å². The molecule has 1 aliphatic rings. The van der Waals surface area contributed by atoms with E-state index in [2.05, 4.69) is 5.32 Å². The Kier molecular flexibility index (Phi) is 7.38. The predicted octanol–water partition coefficient (Wildman–Crippen LogP) is 4.87. The van der Waals surface area contributed by atoms with E-state index < -0.39 is 11.6 Å². The third-order valence-electron chi connectivity index (χ3n) is 7.43. The van der Waals surface area contributed by atoms with Crippen molar-refractivity contribution in [3.63, 3.8) is 0 Å². The van der Waals surface area contributed by atoms with Crippen molar-refractivity contribution in [2.24, 2.45) is 0 Å². The standard InChI is InChI=1S/C33H32N2O3/c1-24(33(38,29-13-7-3-8-14-29)30-15-9-4-10-16-30)34-32(37)27-17-18-28-23-35(20-19-26(28)22-27)31(36)21-25-11-5-2-6-12-25/h2-18,22,24,38H,19-21,23H2,1H3,(H,34,37). The topological polar surface area (TPSA) is 69.6 Å². The summed E-state index contributed by atoms with van der Waals surface area (Å²) in [5, 5.41) is 15.0. The van der Waals surface area contributed by atoms with Crippen LogP contribution in [-0.4, -0.2) is 34.4 Å². The fourth-order valence-corrected chi connectivity index (χ4v) is 5.22. The quantitative estimate of drug-likeness (QED) is 0.377. The molecule has 0 fully saturated rings. The SMILES string of the molecule is CC(NC(=O)c1ccc2c(c1)CCN(C(=O)Cc1ccccc1)C2)C(O)(c1ccccc1)c1ccccc1. The Hall–Kier alpha value is -4.22. The van der Waals surface area contributed by atoms with Crippen molar-refractivity contribution in [3.05, 3.63) is 143 Å². The van der Waals surface area contributed by atoms with Crippen molar-refractivity contribution >= 4 is 11.8 Å². The van der Waals surface area contributed by atoms with Gasteiger partial charge in [-0.1, -0.05) is 97.1 Å². The van der Waals surface area contributed by atoms with Gasteiger partial charge in [0.25, 0.3) is 5.91 Å². The monoisotopic (exact) mass is 504 g/mol. The molecule has 4 aromatic carbocycles. The van der Waals surface area contributed by atoms with E-state index in [0.717, 1.165) is 16.7 Å². The first-order valence-electron chi connectivity index (χ1n) is 13.0. The summed E-state index contributed by atoms with van der Waals surface area (Å²) in [6.45, 7) is 3.00. The largest absolute Gasteiger partial charge is 0.378 e. The smallest absolute Gasteiger partial charge is 0.251 e. The fourth-order valence-electron chi connectivity index (χ4n) is 5.22. The molecule has 2 N–H and O–H groups in total. The second-order valence-electron chi connectivity index (χ2n) is 9.90. The molecular formula is C33H32N2O3. The molecule has 2 amide bonds. The lowest BCUT2D eigenvalue weighted by Gasteiger charge is -2.36. The molecule has 1 unspecified atom stereocenters. The lowest BCUT2D eigenvalue weighted by atomic mass is 9.80. The summed E-state index contributed by atoms with van der Waals surface area (Å²) >= 11 is 0. The number of carbonyl (C=O) groups excluding carboxylic acids is 2. The Morgan fingerprint density at radius 2 is 1.42 bits per heavy atom. The molecule has 0 saturated carbocycles. The highest BCUT2D eigenvalue weighted by Gasteiger charge is 2.38. The second kappa shape index (κ2) is 11.0. The summed E-state index contributed by atoms with van der Waals surface area (Å²) in [5.74, 6) is -0.133. The molecule has 0 radical (unpaired) electrons. The Balaban J connectivity index is 1.30. The molecule has 5 rings (SSSR count). The summed E-state index contributed by atoms with van der Waals surface area (Å²) in [6.07, 6.45) is 1.09. The number of hydrogen-bond donors (Lipinski definition) is 2. The van der Waals surface area contributed by atoms with Gasteiger partial charge in [0.15, 0.2) is 0 Å². The maximum Gasteiger partial charge on any atom is 0.251 e. The van der Waals surface area contributed by atoms with Crippen LogP contribution in [0.2, 0.25) is 0 Å². The molecule has 0 saturated heterocycles. The summed E-state index contributed by atoms with van der Waals surface area (Å²) in [7, 11) is 0. The molecule has 1 heterocycles. The number of hydrogen-bond acceptors (Lipinski definition) is 3. The number of benzene rings is 4. The first-order valence-corrected chi connectivity index (χ1v) is 13.0. The summed E-state index contributed by atoms with van der Waals surface area (Å²) < 4.78 is 0. The minimum Gasteiger partial charge on any atom is -0.378 e. The number of nitrogens with one attached hydrogen (secondary N) is 1. The van der Waals surface area contributed by atoms with Gasteiger partial charge in [0.1, 0.15) is 5.60 Å². The predicted molar refractivity (Wildman–Crippen MR) is 149 cm³/mol. The summed E-state index contributed by atoms with van der Waals surface area (Å²) in [5.41, 5.74) is 3.72. The highest BCUT2D eigenvalue weighted by Crippen LogP contribution is 2.33. The van der Waals surface area contributed by atoms with Gasteiger partial charge >= 0.3 is 0 Å². The van der Waals surface area contributed by atoms with Gasteiger partial charge in [0.2, 0.25) is 5.91 Å². The Labute approximate surface area is 223 Å². The third kappa shape index (κ3) is 5.24. The maximum atomic E-state index is 13.3. The molecule has 5 nitrogen and oxygen atoms in total. The molecular weight excluding hydrogens is 472 g/mol. The highest BCUT2D eigenvalue weighted by atomic mass is 16.3. The van der Waals surface area contributed by atoms with E-state index >= 15 is 0 Å². The van der Waals surface area contributed by atoms with Gasteiger partial charge in [0, 0.05) is 18.7 Å². The van der Waals surface area contributed by atoms with E-state index in [4.69, 9.17) is 0 Å². The van der Waals surface area contributed by atoms with Gasteiger partial charge in [-0.3, -0.25) is 9.59 Å². The zero-order valence-corrected chi connectivity index (χ0v) is 21.5. The van der Waals surface area contributed by atoms with Crippen LogP contribution in [0.1, 0.15) is 45.1 Å². The minimum atomic E-state index is -1.40. The summed E-state index contributed by atoms with van der Waals surface area (Å²) in [6, 6.07) is 33.7.